The summed E-state index contributed by atoms with van der Waals surface area (Å²) in [5.41, 5.74) is 17.0. The number of thiophene rings is 1. The molecule has 1 spiro atoms. The molecule has 0 unspecified atom stereocenters. The van der Waals surface area contributed by atoms with Crippen LogP contribution in [0.15, 0.2) is 216 Å². The van der Waals surface area contributed by atoms with Crippen molar-refractivity contribution in [3.8, 4) is 11.1 Å². The fourth-order valence-corrected chi connectivity index (χ4v) is 13.2. The van der Waals surface area contributed by atoms with Gasteiger partial charge in [-0.3, -0.25) is 0 Å². The van der Waals surface area contributed by atoms with Crippen molar-refractivity contribution in [2.45, 2.75) is 67.6 Å². The molecule has 0 radical (unpaired) electrons. The molecule has 0 atom stereocenters. The van der Waals surface area contributed by atoms with Gasteiger partial charge in [0.1, 0.15) is 0 Å². The molecule has 0 N–H and O–H groups in total. The summed E-state index contributed by atoms with van der Waals surface area (Å²) in [5.74, 6) is 0. The number of hydrogen-bond acceptors (Lipinski definition) is 4. The van der Waals surface area contributed by atoms with Gasteiger partial charge in [-0.2, -0.15) is 0 Å². The second kappa shape index (κ2) is 15.6. The Hall–Kier alpha value is -6.85. The van der Waals surface area contributed by atoms with Crippen LogP contribution in [0.25, 0.3) is 31.3 Å². The Balaban J connectivity index is 1.11. The third-order valence-corrected chi connectivity index (χ3v) is 16.3. The minimum absolute atomic E-state index is 0.0417. The normalized spacial score (nSPS) is 13.6. The first-order valence-corrected chi connectivity index (χ1v) is 25.1. The van der Waals surface area contributed by atoms with Gasteiger partial charge in [-0.1, -0.05) is 175 Å². The highest BCUT2D eigenvalue weighted by Gasteiger charge is 2.50. The van der Waals surface area contributed by atoms with Crippen LogP contribution in [0.5, 0.6) is 0 Å². The van der Waals surface area contributed by atoms with Crippen LogP contribution in [0.1, 0.15) is 74.9 Å². The summed E-state index contributed by atoms with van der Waals surface area (Å²) < 4.78 is 2.51. The van der Waals surface area contributed by atoms with Crippen LogP contribution in [0.2, 0.25) is 0 Å². The van der Waals surface area contributed by atoms with Gasteiger partial charge in [0, 0.05) is 52.7 Å². The zero-order chi connectivity index (χ0) is 45.7. The van der Waals surface area contributed by atoms with Crippen molar-refractivity contribution in [1.82, 2.24) is 0 Å². The molecular weight excluding hydrogens is 849 g/mol. The summed E-state index contributed by atoms with van der Waals surface area (Å²) in [6.45, 7) is 13.7. The molecule has 0 amide bonds. The zero-order valence-electron chi connectivity index (χ0n) is 38.8. The van der Waals surface area contributed by atoms with E-state index in [1.807, 2.05) is 23.1 Å². The number of hydrogen-bond donors (Lipinski definition) is 0. The molecule has 1 aliphatic heterocycles. The molecular formula is C63H52N2S2. The average molecular weight is 901 g/mol. The van der Waals surface area contributed by atoms with Crippen molar-refractivity contribution < 1.29 is 0 Å². The maximum absolute atomic E-state index is 2.51. The number of fused-ring (bicyclic) bond motifs is 12. The molecule has 326 valence electrons. The predicted molar refractivity (Wildman–Crippen MR) is 288 cm³/mol. The highest BCUT2D eigenvalue weighted by Crippen LogP contribution is 2.63. The second-order valence-corrected chi connectivity index (χ2v) is 22.3. The molecule has 4 heteroatoms. The lowest BCUT2D eigenvalue weighted by atomic mass is 9.67. The summed E-state index contributed by atoms with van der Waals surface area (Å²) in [4.78, 5) is 7.58. The first-order valence-electron chi connectivity index (χ1n) is 23.4. The van der Waals surface area contributed by atoms with E-state index in [0.29, 0.717) is 0 Å². The Kier molecular flexibility index (Phi) is 9.69. The van der Waals surface area contributed by atoms with Crippen molar-refractivity contribution in [2.75, 3.05) is 9.80 Å². The first-order chi connectivity index (χ1) is 32.5. The highest BCUT2D eigenvalue weighted by molar-refractivity contribution is 7.99. The van der Waals surface area contributed by atoms with Crippen molar-refractivity contribution in [1.29, 1.82) is 0 Å². The minimum atomic E-state index is -0.484. The van der Waals surface area contributed by atoms with Crippen LogP contribution in [0, 0.1) is 0 Å². The second-order valence-electron chi connectivity index (χ2n) is 20.1. The highest BCUT2D eigenvalue weighted by atomic mass is 32.2. The van der Waals surface area contributed by atoms with Crippen LogP contribution < -0.4 is 9.80 Å². The molecule has 0 saturated heterocycles. The van der Waals surface area contributed by atoms with Gasteiger partial charge in [-0.25, -0.2) is 0 Å². The maximum Gasteiger partial charge on any atom is 0.0736 e. The van der Waals surface area contributed by atoms with Gasteiger partial charge < -0.3 is 9.80 Å². The van der Waals surface area contributed by atoms with Gasteiger partial charge in [0.25, 0.3) is 0 Å². The molecule has 0 fully saturated rings. The van der Waals surface area contributed by atoms with Gasteiger partial charge >= 0.3 is 0 Å². The van der Waals surface area contributed by atoms with E-state index in [1.54, 1.807) is 0 Å². The summed E-state index contributed by atoms with van der Waals surface area (Å²) in [6, 6.07) is 77.7. The van der Waals surface area contributed by atoms with Crippen LogP contribution in [0.4, 0.5) is 34.1 Å². The fraction of sp³-hybridized carbons (Fsp3) is 0.143. The SMILES string of the molecule is CC(C)(C)c1ccc(N(c2ccc(C(C)(C)C)cc2)c2cccc3sc4cccc(N(c5ccccc5)c5ccc6c(c5)C5(c7ccccc7S6)c6ccccc6-c6ccccc65)c4c23)cc1. The zero-order valence-corrected chi connectivity index (χ0v) is 40.5. The van der Waals surface area contributed by atoms with Crippen molar-refractivity contribution in [2.24, 2.45) is 0 Å². The quantitative estimate of drug-likeness (QED) is 0.164. The number of nitrogens with zero attached hydrogens (tertiary/aromatic N) is 2. The number of benzene rings is 9. The molecule has 2 aliphatic rings. The summed E-state index contributed by atoms with van der Waals surface area (Å²) in [7, 11) is 0. The van der Waals surface area contributed by atoms with Crippen LogP contribution in [-0.2, 0) is 16.2 Å². The molecule has 9 aromatic carbocycles. The molecule has 1 aliphatic carbocycles. The number of para-hydroxylation sites is 1. The minimum Gasteiger partial charge on any atom is -0.310 e. The molecule has 2 heterocycles. The van der Waals surface area contributed by atoms with Crippen LogP contribution in [0.3, 0.4) is 0 Å². The lowest BCUT2D eigenvalue weighted by Crippen LogP contribution is -2.32. The predicted octanol–water partition coefficient (Wildman–Crippen LogP) is 18.4. The van der Waals surface area contributed by atoms with E-state index in [0.717, 1.165) is 34.1 Å². The van der Waals surface area contributed by atoms with Gasteiger partial charge in [0.05, 0.1) is 16.8 Å². The molecule has 2 nitrogen and oxygen atoms in total. The standard InChI is InChI=1S/C63H52N2S2/c1-61(2,3)41-30-34-44(35-31-41)64(45-36-32-42(33-37-45)62(4,5)6)53-25-16-28-57-59(53)60-54(26-17-29-58(60)67-57)65(43-18-8-7-9-19-43)46-38-39-56-52(40-46)63(51-24-14-15-27-55(51)66-56)49-22-12-10-20-47(49)48-21-11-13-23-50(48)63/h7-40H,1-6H3. The Morgan fingerprint density at radius 3 is 1.33 bits per heavy atom. The Labute approximate surface area is 403 Å². The maximum atomic E-state index is 2.51. The van der Waals surface area contributed by atoms with Gasteiger partial charge in [-0.05, 0) is 140 Å². The van der Waals surface area contributed by atoms with E-state index in [9.17, 15) is 0 Å². The smallest absolute Gasteiger partial charge is 0.0736 e. The third-order valence-electron chi connectivity index (χ3n) is 14.0. The van der Waals surface area contributed by atoms with Crippen LogP contribution in [-0.4, -0.2) is 0 Å². The molecule has 0 saturated carbocycles. The lowest BCUT2D eigenvalue weighted by molar-refractivity contribution is 0.590. The van der Waals surface area contributed by atoms with Gasteiger partial charge in [-0.15, -0.1) is 11.3 Å². The lowest BCUT2D eigenvalue weighted by Gasteiger charge is -2.40. The van der Waals surface area contributed by atoms with Gasteiger partial charge in [0.2, 0.25) is 0 Å². The summed E-state index contributed by atoms with van der Waals surface area (Å²) >= 11 is 3.77. The van der Waals surface area contributed by atoms with E-state index < -0.39 is 5.41 Å². The summed E-state index contributed by atoms with van der Waals surface area (Å²) in [5, 5.41) is 2.49. The fourth-order valence-electron chi connectivity index (χ4n) is 10.8. The van der Waals surface area contributed by atoms with Crippen molar-refractivity contribution in [3.63, 3.8) is 0 Å². The Morgan fingerprint density at radius 1 is 0.358 bits per heavy atom. The van der Waals surface area contributed by atoms with E-state index in [4.69, 9.17) is 0 Å². The monoisotopic (exact) mass is 900 g/mol. The van der Waals surface area contributed by atoms with E-state index >= 15 is 0 Å². The van der Waals surface area contributed by atoms with Crippen molar-refractivity contribution >= 4 is 77.4 Å². The van der Waals surface area contributed by atoms with E-state index in [2.05, 4.69) is 258 Å². The summed E-state index contributed by atoms with van der Waals surface area (Å²) in [6.07, 6.45) is 0. The Bertz CT molecular complexity index is 3410. The molecule has 1 aromatic heterocycles. The molecule has 0 bridgehead atoms. The van der Waals surface area contributed by atoms with E-state index in [-0.39, 0.29) is 10.8 Å². The Morgan fingerprint density at radius 2 is 0.791 bits per heavy atom. The number of anilines is 6. The van der Waals surface area contributed by atoms with Gasteiger partial charge in [0.15, 0.2) is 0 Å². The molecule has 12 rings (SSSR count). The average Bonchev–Trinajstić information content (AvgIpc) is 3.87. The third kappa shape index (κ3) is 6.60. The molecule has 67 heavy (non-hydrogen) atoms. The largest absolute Gasteiger partial charge is 0.310 e. The van der Waals surface area contributed by atoms with E-state index in [1.165, 1.54) is 74.5 Å². The first kappa shape index (κ1) is 41.6. The number of rotatable bonds is 6. The molecule has 10 aromatic rings. The topological polar surface area (TPSA) is 6.48 Å². The van der Waals surface area contributed by atoms with Crippen LogP contribution >= 0.6 is 23.1 Å². The van der Waals surface area contributed by atoms with Crippen molar-refractivity contribution in [3.05, 3.63) is 240 Å².